The van der Waals surface area contributed by atoms with Crippen LogP contribution in [-0.4, -0.2) is 38.3 Å². The molecule has 0 aliphatic carbocycles. The standard InChI is InChI=1S/C15H15F3N4O4/c16-15(17,18)26-12-4-2-1-3-10(12)5-6-13(23)19-7-11-8-22(21-20-11)9-14(24)25/h1-4,8H,5-7,9H2,(H,19,23)(H,24,25). The number of amides is 1. The van der Waals surface area contributed by atoms with Crippen LogP contribution in [0.2, 0.25) is 0 Å². The fourth-order valence-corrected chi connectivity index (χ4v) is 2.10. The largest absolute Gasteiger partial charge is 0.573 e. The minimum absolute atomic E-state index is 0.0269. The third kappa shape index (κ3) is 6.42. The lowest BCUT2D eigenvalue weighted by molar-refractivity contribution is -0.274. The lowest BCUT2D eigenvalue weighted by Crippen LogP contribution is -2.23. The number of nitrogens with zero attached hydrogens (tertiary/aromatic N) is 3. The fraction of sp³-hybridized carbons (Fsp3) is 0.333. The summed E-state index contributed by atoms with van der Waals surface area (Å²) in [6.45, 7) is -0.323. The highest BCUT2D eigenvalue weighted by Gasteiger charge is 2.31. The Hall–Kier alpha value is -3.11. The second kappa shape index (κ2) is 8.32. The third-order valence-corrected chi connectivity index (χ3v) is 3.17. The third-order valence-electron chi connectivity index (χ3n) is 3.17. The van der Waals surface area contributed by atoms with Crippen molar-refractivity contribution in [2.75, 3.05) is 0 Å². The molecular weight excluding hydrogens is 357 g/mol. The number of rotatable bonds is 8. The van der Waals surface area contributed by atoms with Crippen LogP contribution in [0.5, 0.6) is 5.75 Å². The minimum atomic E-state index is -4.81. The number of aromatic nitrogens is 3. The summed E-state index contributed by atoms with van der Waals surface area (Å²) in [6, 6.07) is 5.59. The lowest BCUT2D eigenvalue weighted by Gasteiger charge is -2.13. The number of halogens is 3. The van der Waals surface area contributed by atoms with Crippen molar-refractivity contribution < 1.29 is 32.6 Å². The predicted molar refractivity (Wildman–Crippen MR) is 81.0 cm³/mol. The molecule has 0 saturated heterocycles. The molecule has 0 fully saturated rings. The summed E-state index contributed by atoms with van der Waals surface area (Å²) in [5.74, 6) is -1.82. The van der Waals surface area contributed by atoms with Crippen molar-refractivity contribution in [2.45, 2.75) is 32.3 Å². The van der Waals surface area contributed by atoms with Gasteiger partial charge in [0.1, 0.15) is 18.0 Å². The Morgan fingerprint density at radius 1 is 1.27 bits per heavy atom. The average Bonchev–Trinajstić information content (AvgIpc) is 2.97. The van der Waals surface area contributed by atoms with Crippen LogP contribution in [0.4, 0.5) is 13.2 Å². The van der Waals surface area contributed by atoms with Crippen molar-refractivity contribution in [3.05, 3.63) is 41.7 Å². The van der Waals surface area contributed by atoms with Gasteiger partial charge in [-0.3, -0.25) is 9.59 Å². The zero-order valence-corrected chi connectivity index (χ0v) is 13.4. The van der Waals surface area contributed by atoms with E-state index in [0.717, 1.165) is 4.68 Å². The maximum absolute atomic E-state index is 12.4. The van der Waals surface area contributed by atoms with Crippen LogP contribution in [-0.2, 0) is 29.1 Å². The molecule has 2 aromatic rings. The van der Waals surface area contributed by atoms with Gasteiger partial charge in [0.05, 0.1) is 12.7 Å². The molecular formula is C15H15F3N4O4. The number of carboxylic acid groups (broad SMARTS) is 1. The van der Waals surface area contributed by atoms with E-state index >= 15 is 0 Å². The SMILES string of the molecule is O=C(O)Cn1cc(CNC(=O)CCc2ccccc2OC(F)(F)F)nn1. The van der Waals surface area contributed by atoms with Crippen LogP contribution in [0.1, 0.15) is 17.7 Å². The maximum atomic E-state index is 12.4. The van der Waals surface area contributed by atoms with Crippen molar-refractivity contribution in [2.24, 2.45) is 0 Å². The van der Waals surface area contributed by atoms with Gasteiger partial charge in [-0.05, 0) is 18.1 Å². The highest BCUT2D eigenvalue weighted by atomic mass is 19.4. The minimum Gasteiger partial charge on any atom is -0.480 e. The molecule has 11 heteroatoms. The van der Waals surface area contributed by atoms with E-state index < -0.39 is 18.2 Å². The Kier molecular flexibility index (Phi) is 6.15. The summed E-state index contributed by atoms with van der Waals surface area (Å²) >= 11 is 0. The van der Waals surface area contributed by atoms with Gasteiger partial charge >= 0.3 is 12.3 Å². The summed E-state index contributed by atoms with van der Waals surface area (Å²) in [6.07, 6.45) is -3.42. The van der Waals surface area contributed by atoms with E-state index in [4.69, 9.17) is 5.11 Å². The zero-order chi connectivity index (χ0) is 19.2. The number of nitrogens with one attached hydrogen (secondary N) is 1. The number of para-hydroxylation sites is 1. The average molecular weight is 372 g/mol. The van der Waals surface area contributed by atoms with Crippen molar-refractivity contribution in [3.63, 3.8) is 0 Å². The number of alkyl halides is 3. The Bertz CT molecular complexity index is 776. The summed E-state index contributed by atoms with van der Waals surface area (Å²) in [4.78, 5) is 22.4. The molecule has 0 unspecified atom stereocenters. The Morgan fingerprint density at radius 2 is 2.00 bits per heavy atom. The van der Waals surface area contributed by atoms with Crippen LogP contribution >= 0.6 is 0 Å². The molecule has 1 aromatic heterocycles. The number of aliphatic carboxylic acids is 1. The molecule has 0 bridgehead atoms. The number of aryl methyl sites for hydroxylation is 1. The molecule has 1 aromatic carbocycles. The van der Waals surface area contributed by atoms with E-state index in [1.165, 1.54) is 24.4 Å². The fourth-order valence-electron chi connectivity index (χ4n) is 2.10. The van der Waals surface area contributed by atoms with E-state index in [9.17, 15) is 22.8 Å². The summed E-state index contributed by atoms with van der Waals surface area (Å²) in [5, 5.41) is 18.5. The van der Waals surface area contributed by atoms with Crippen molar-refractivity contribution in [1.29, 1.82) is 0 Å². The zero-order valence-electron chi connectivity index (χ0n) is 13.4. The van der Waals surface area contributed by atoms with Gasteiger partial charge < -0.3 is 15.2 Å². The van der Waals surface area contributed by atoms with Crippen LogP contribution in [0.15, 0.2) is 30.5 Å². The Morgan fingerprint density at radius 3 is 2.69 bits per heavy atom. The first-order chi connectivity index (χ1) is 12.2. The van der Waals surface area contributed by atoms with Crippen LogP contribution < -0.4 is 10.1 Å². The van der Waals surface area contributed by atoms with Gasteiger partial charge in [0, 0.05) is 6.42 Å². The van der Waals surface area contributed by atoms with Gasteiger partial charge in [0.15, 0.2) is 0 Å². The van der Waals surface area contributed by atoms with E-state index in [-0.39, 0.29) is 37.2 Å². The number of hydrogen-bond acceptors (Lipinski definition) is 5. The topological polar surface area (TPSA) is 106 Å². The van der Waals surface area contributed by atoms with Crippen molar-refractivity contribution >= 4 is 11.9 Å². The summed E-state index contributed by atoms with van der Waals surface area (Å²) < 4.78 is 42.1. The second-order valence-electron chi connectivity index (χ2n) is 5.23. The molecule has 0 saturated carbocycles. The predicted octanol–water partition coefficient (Wildman–Crippen LogP) is 1.51. The molecule has 0 spiro atoms. The molecule has 0 radical (unpaired) electrons. The second-order valence-corrected chi connectivity index (χ2v) is 5.23. The quantitative estimate of drug-likeness (QED) is 0.728. The van der Waals surface area contributed by atoms with Gasteiger partial charge in [0.25, 0.3) is 0 Å². The van der Waals surface area contributed by atoms with Gasteiger partial charge in [-0.1, -0.05) is 23.4 Å². The van der Waals surface area contributed by atoms with Gasteiger partial charge in [0.2, 0.25) is 5.91 Å². The molecule has 0 aliphatic rings. The monoisotopic (exact) mass is 372 g/mol. The molecule has 0 atom stereocenters. The van der Waals surface area contributed by atoms with E-state index in [1.54, 1.807) is 6.07 Å². The van der Waals surface area contributed by atoms with E-state index in [0.29, 0.717) is 5.69 Å². The van der Waals surface area contributed by atoms with Crippen LogP contribution in [0.25, 0.3) is 0 Å². The first-order valence-corrected chi connectivity index (χ1v) is 7.44. The summed E-state index contributed by atoms with van der Waals surface area (Å²) in [7, 11) is 0. The molecule has 2 rings (SSSR count). The summed E-state index contributed by atoms with van der Waals surface area (Å²) in [5.41, 5.74) is 0.618. The molecule has 8 nitrogen and oxygen atoms in total. The van der Waals surface area contributed by atoms with Gasteiger partial charge in [-0.15, -0.1) is 18.3 Å². The van der Waals surface area contributed by atoms with Crippen molar-refractivity contribution in [3.8, 4) is 5.75 Å². The van der Waals surface area contributed by atoms with E-state index in [1.807, 2.05) is 0 Å². The highest BCUT2D eigenvalue weighted by molar-refractivity contribution is 5.76. The number of carbonyl (C=O) groups is 2. The Balaban J connectivity index is 1.84. The molecule has 2 N–H and O–H groups in total. The number of benzene rings is 1. The lowest BCUT2D eigenvalue weighted by atomic mass is 10.1. The first-order valence-electron chi connectivity index (χ1n) is 7.44. The number of hydrogen-bond donors (Lipinski definition) is 2. The van der Waals surface area contributed by atoms with Crippen LogP contribution in [0.3, 0.4) is 0 Å². The van der Waals surface area contributed by atoms with Gasteiger partial charge in [-0.2, -0.15) is 0 Å². The molecule has 0 aliphatic heterocycles. The number of carbonyl (C=O) groups excluding carboxylic acids is 1. The van der Waals surface area contributed by atoms with Crippen molar-refractivity contribution in [1.82, 2.24) is 20.3 Å². The maximum Gasteiger partial charge on any atom is 0.573 e. The first kappa shape index (κ1) is 19.2. The Labute approximate surface area is 145 Å². The van der Waals surface area contributed by atoms with Gasteiger partial charge in [-0.25, -0.2) is 4.68 Å². The highest BCUT2D eigenvalue weighted by Crippen LogP contribution is 2.26. The molecule has 140 valence electrons. The normalized spacial score (nSPS) is 11.2. The molecule has 1 heterocycles. The number of ether oxygens (including phenoxy) is 1. The van der Waals surface area contributed by atoms with E-state index in [2.05, 4.69) is 20.4 Å². The number of carboxylic acids is 1. The van der Waals surface area contributed by atoms with Crippen LogP contribution in [0, 0.1) is 0 Å². The smallest absolute Gasteiger partial charge is 0.480 e. The molecule has 26 heavy (non-hydrogen) atoms. The molecule has 1 amide bonds.